The Kier molecular flexibility index (Phi) is 6.00. The van der Waals surface area contributed by atoms with Crippen molar-refractivity contribution in [2.45, 2.75) is 18.7 Å². The Balaban J connectivity index is 1.44. The second kappa shape index (κ2) is 9.03. The van der Waals surface area contributed by atoms with Crippen LogP contribution in [0.2, 0.25) is 0 Å². The van der Waals surface area contributed by atoms with E-state index in [-0.39, 0.29) is 4.90 Å². The zero-order valence-electron chi connectivity index (χ0n) is 17.6. The molecule has 32 heavy (non-hydrogen) atoms. The molecule has 0 aliphatic heterocycles. The van der Waals surface area contributed by atoms with Crippen molar-refractivity contribution >= 4 is 38.9 Å². The number of aryl methyl sites for hydroxylation is 2. The van der Waals surface area contributed by atoms with Gasteiger partial charge in [-0.1, -0.05) is 12.1 Å². The van der Waals surface area contributed by atoms with Crippen LogP contribution in [-0.2, 0) is 10.0 Å². The maximum atomic E-state index is 12.6. The van der Waals surface area contributed by atoms with Crippen molar-refractivity contribution in [3.63, 3.8) is 0 Å². The lowest BCUT2D eigenvalue weighted by molar-refractivity contribution is 0.601. The molecule has 3 N–H and O–H groups in total. The summed E-state index contributed by atoms with van der Waals surface area (Å²) >= 11 is 0. The normalized spacial score (nSPS) is 11.1. The molecule has 9 heteroatoms. The maximum Gasteiger partial charge on any atom is 0.261 e. The number of nitrogens with one attached hydrogen (secondary N) is 3. The Bertz CT molecular complexity index is 1340. The van der Waals surface area contributed by atoms with Crippen LogP contribution in [0.3, 0.4) is 0 Å². The fourth-order valence-electron chi connectivity index (χ4n) is 3.00. The van der Waals surface area contributed by atoms with Gasteiger partial charge in [0.15, 0.2) is 0 Å². The molecule has 8 nitrogen and oxygen atoms in total. The topological polar surface area (TPSA) is 109 Å². The van der Waals surface area contributed by atoms with E-state index >= 15 is 0 Å². The fraction of sp³-hybridized carbons (Fsp3) is 0.0870. The monoisotopic (exact) mass is 446 g/mol. The molecule has 0 atom stereocenters. The highest BCUT2D eigenvalue weighted by atomic mass is 32.2. The van der Waals surface area contributed by atoms with Gasteiger partial charge in [-0.3, -0.25) is 4.72 Å². The van der Waals surface area contributed by atoms with E-state index in [1.807, 2.05) is 32.0 Å². The lowest BCUT2D eigenvalue weighted by Crippen LogP contribution is -2.13. The van der Waals surface area contributed by atoms with Gasteiger partial charge < -0.3 is 10.6 Å². The van der Waals surface area contributed by atoms with Gasteiger partial charge in [0.05, 0.1) is 4.90 Å². The molecule has 4 rings (SSSR count). The molecule has 4 aromatic rings. The molecule has 0 bridgehead atoms. The minimum Gasteiger partial charge on any atom is -0.340 e. The van der Waals surface area contributed by atoms with Gasteiger partial charge in [0.1, 0.15) is 23.8 Å². The third-order valence-corrected chi connectivity index (χ3v) is 5.93. The van der Waals surface area contributed by atoms with Crippen LogP contribution in [0.25, 0.3) is 0 Å². The molecule has 0 unspecified atom stereocenters. The predicted molar refractivity (Wildman–Crippen MR) is 126 cm³/mol. The third-order valence-electron chi connectivity index (χ3n) is 4.55. The van der Waals surface area contributed by atoms with Crippen molar-refractivity contribution in [2.75, 3.05) is 15.4 Å². The molecule has 2 aromatic carbocycles. The molecule has 2 heterocycles. The van der Waals surface area contributed by atoms with E-state index < -0.39 is 10.0 Å². The van der Waals surface area contributed by atoms with Crippen LogP contribution in [-0.4, -0.2) is 23.4 Å². The highest BCUT2D eigenvalue weighted by Crippen LogP contribution is 2.22. The summed E-state index contributed by atoms with van der Waals surface area (Å²) in [5, 5.41) is 6.33. The van der Waals surface area contributed by atoms with E-state index in [9.17, 15) is 8.42 Å². The van der Waals surface area contributed by atoms with Gasteiger partial charge in [-0.25, -0.2) is 23.4 Å². The van der Waals surface area contributed by atoms with Crippen LogP contribution in [0.4, 0.5) is 28.8 Å². The predicted octanol–water partition coefficient (Wildman–Crippen LogP) is 4.78. The quantitative estimate of drug-likeness (QED) is 0.375. The van der Waals surface area contributed by atoms with E-state index in [4.69, 9.17) is 0 Å². The Morgan fingerprint density at radius 2 is 1.34 bits per heavy atom. The molecule has 0 fully saturated rings. The lowest BCUT2D eigenvalue weighted by atomic mass is 10.2. The van der Waals surface area contributed by atoms with Gasteiger partial charge in [0.25, 0.3) is 10.0 Å². The molecule has 162 valence electrons. The maximum absolute atomic E-state index is 12.6. The molecule has 0 spiro atoms. The first kappa shape index (κ1) is 21.3. The zero-order chi connectivity index (χ0) is 22.6. The van der Waals surface area contributed by atoms with E-state index in [2.05, 4.69) is 30.3 Å². The van der Waals surface area contributed by atoms with Crippen molar-refractivity contribution in [1.82, 2.24) is 15.0 Å². The number of sulfonamides is 1. The van der Waals surface area contributed by atoms with E-state index in [1.54, 1.807) is 54.7 Å². The Morgan fingerprint density at radius 3 is 2.06 bits per heavy atom. The van der Waals surface area contributed by atoms with Gasteiger partial charge in [-0.15, -0.1) is 0 Å². The molecule has 0 saturated heterocycles. The molecule has 0 radical (unpaired) electrons. The highest BCUT2D eigenvalue weighted by Gasteiger charge is 2.14. The third kappa shape index (κ3) is 5.38. The number of rotatable bonds is 7. The van der Waals surface area contributed by atoms with E-state index in [0.717, 1.165) is 16.8 Å². The molecule has 0 aliphatic rings. The van der Waals surface area contributed by atoms with Crippen LogP contribution >= 0.6 is 0 Å². The van der Waals surface area contributed by atoms with Gasteiger partial charge in [-0.2, -0.15) is 0 Å². The molecule has 0 saturated carbocycles. The largest absolute Gasteiger partial charge is 0.340 e. The molecule has 0 aliphatic carbocycles. The average Bonchev–Trinajstić information content (AvgIpc) is 2.75. The number of hydrogen-bond donors (Lipinski definition) is 3. The first-order valence-electron chi connectivity index (χ1n) is 9.86. The number of aromatic nitrogens is 3. The molecular weight excluding hydrogens is 424 g/mol. The Labute approximate surface area is 186 Å². The summed E-state index contributed by atoms with van der Waals surface area (Å²) in [6.07, 6.45) is 3.18. The summed E-state index contributed by atoms with van der Waals surface area (Å²) in [5.41, 5.74) is 3.19. The number of hydrogen-bond acceptors (Lipinski definition) is 7. The van der Waals surface area contributed by atoms with E-state index in [1.165, 1.54) is 6.33 Å². The number of pyridine rings is 1. The minimum atomic E-state index is -3.65. The van der Waals surface area contributed by atoms with Crippen LogP contribution in [0.15, 0.2) is 84.1 Å². The minimum absolute atomic E-state index is 0.226. The fourth-order valence-corrected chi connectivity index (χ4v) is 4.16. The molecule has 2 aromatic heterocycles. The van der Waals surface area contributed by atoms with Gasteiger partial charge in [0, 0.05) is 23.6 Å². The van der Waals surface area contributed by atoms with Gasteiger partial charge >= 0.3 is 0 Å². The van der Waals surface area contributed by atoms with Crippen LogP contribution in [0.5, 0.6) is 0 Å². The molecule has 0 amide bonds. The lowest BCUT2D eigenvalue weighted by Gasteiger charge is -2.11. The van der Waals surface area contributed by atoms with Gasteiger partial charge in [-0.05, 0) is 73.5 Å². The van der Waals surface area contributed by atoms with Gasteiger partial charge in [0.2, 0.25) is 0 Å². The Morgan fingerprint density at radius 1 is 0.688 bits per heavy atom. The Hall–Kier alpha value is -3.98. The van der Waals surface area contributed by atoms with E-state index in [0.29, 0.717) is 23.1 Å². The summed E-state index contributed by atoms with van der Waals surface area (Å²) in [5.74, 6) is 1.88. The average molecular weight is 447 g/mol. The second-order valence-electron chi connectivity index (χ2n) is 7.26. The van der Waals surface area contributed by atoms with Crippen LogP contribution in [0.1, 0.15) is 11.1 Å². The van der Waals surface area contributed by atoms with Crippen molar-refractivity contribution in [2.24, 2.45) is 0 Å². The van der Waals surface area contributed by atoms with Crippen LogP contribution < -0.4 is 15.4 Å². The standard InChI is InChI=1S/C23H22N6O2S/c1-16-4-3-5-20(12-16)32(30,31)29-19-8-6-18(7-9-19)27-22-14-23(26-15-25-22)28-21-13-17(2)10-11-24-21/h3-15,29H,1-2H3,(H2,24,25,26,27,28). The summed E-state index contributed by atoms with van der Waals surface area (Å²) in [4.78, 5) is 12.9. The second-order valence-corrected chi connectivity index (χ2v) is 8.94. The summed E-state index contributed by atoms with van der Waals surface area (Å²) in [6.45, 7) is 3.84. The molecular formula is C23H22N6O2S. The first-order chi connectivity index (χ1) is 15.4. The number of anilines is 5. The van der Waals surface area contributed by atoms with Crippen molar-refractivity contribution in [3.05, 3.63) is 90.4 Å². The zero-order valence-corrected chi connectivity index (χ0v) is 18.4. The SMILES string of the molecule is Cc1cccc(S(=O)(=O)Nc2ccc(Nc3cc(Nc4cc(C)ccn4)ncn3)cc2)c1. The van der Waals surface area contributed by atoms with Crippen molar-refractivity contribution in [1.29, 1.82) is 0 Å². The summed E-state index contributed by atoms with van der Waals surface area (Å²) in [6, 6.07) is 19.3. The number of benzene rings is 2. The summed E-state index contributed by atoms with van der Waals surface area (Å²) < 4.78 is 27.8. The van der Waals surface area contributed by atoms with Crippen molar-refractivity contribution in [3.8, 4) is 0 Å². The smallest absolute Gasteiger partial charge is 0.261 e. The number of nitrogens with zero attached hydrogens (tertiary/aromatic N) is 3. The summed E-state index contributed by atoms with van der Waals surface area (Å²) in [7, 11) is -3.65. The van der Waals surface area contributed by atoms with Crippen LogP contribution in [0, 0.1) is 13.8 Å². The first-order valence-corrected chi connectivity index (χ1v) is 11.3. The van der Waals surface area contributed by atoms with Crippen molar-refractivity contribution < 1.29 is 8.42 Å². The highest BCUT2D eigenvalue weighted by molar-refractivity contribution is 7.92.